The second kappa shape index (κ2) is 10.7. The van der Waals surface area contributed by atoms with Crippen LogP contribution in [0.3, 0.4) is 0 Å². The number of benzene rings is 10. The minimum atomic E-state index is -0.384. The predicted octanol–water partition coefficient (Wildman–Crippen LogP) is 13.6. The molecule has 0 fully saturated rings. The molecular weight excluding hydrogens is 577 g/mol. The molecule has 10 aromatic rings. The fraction of sp³-hybridized carbons (Fsp3) is 0. The van der Waals surface area contributed by atoms with Gasteiger partial charge in [0.25, 0.3) is 0 Å². The Balaban J connectivity index is 1.48. The molecule has 10 rings (SSSR count). The first-order chi connectivity index (χ1) is 26.7. The highest BCUT2D eigenvalue weighted by Gasteiger charge is 2.19. The van der Waals surface area contributed by atoms with Crippen LogP contribution < -0.4 is 0 Å². The molecule has 0 N–H and O–H groups in total. The number of rotatable bonds is 3. The summed E-state index contributed by atoms with van der Waals surface area (Å²) in [6.07, 6.45) is 0. The molecule has 0 aliphatic rings. The van der Waals surface area contributed by atoms with Gasteiger partial charge in [-0.3, -0.25) is 0 Å². The molecule has 0 spiro atoms. The second-order valence-corrected chi connectivity index (χ2v) is 12.3. The van der Waals surface area contributed by atoms with Gasteiger partial charge in [-0.15, -0.1) is 0 Å². The fourth-order valence-corrected chi connectivity index (χ4v) is 7.47. The van der Waals surface area contributed by atoms with Gasteiger partial charge in [0.1, 0.15) is 0 Å². The third-order valence-electron chi connectivity index (χ3n) is 9.65. The number of hydrogen-bond acceptors (Lipinski definition) is 0. The molecule has 0 heterocycles. The molecule has 0 heteroatoms. The van der Waals surface area contributed by atoms with Gasteiger partial charge < -0.3 is 0 Å². The standard InChI is InChI=1S/C48H30/c1-4-16-37-31(11-1)14-9-21-40(37)35-25-28-45-46(30-35)48(42-22-10-15-32-12-2-6-18-39(32)42)44-20-8-7-19-43(44)47(45)36-26-27-41-34(29-36)24-23-33-13-3-5-17-38(33)41/h1-30H/i7D,8D,19D,20D,25D,28D,30D. The van der Waals surface area contributed by atoms with Gasteiger partial charge in [-0.1, -0.05) is 170 Å². The van der Waals surface area contributed by atoms with Crippen LogP contribution in [0.15, 0.2) is 182 Å². The summed E-state index contributed by atoms with van der Waals surface area (Å²) in [5.41, 5.74) is 3.13. The highest BCUT2D eigenvalue weighted by atomic mass is 14.2. The lowest BCUT2D eigenvalue weighted by atomic mass is 9.83. The van der Waals surface area contributed by atoms with Crippen LogP contribution in [0, 0.1) is 0 Å². The van der Waals surface area contributed by atoms with Crippen molar-refractivity contribution in [3.63, 3.8) is 0 Å². The van der Waals surface area contributed by atoms with Crippen LogP contribution in [0.5, 0.6) is 0 Å². The largest absolute Gasteiger partial charge is 0.0636 e. The maximum Gasteiger partial charge on any atom is 0.0636 e. The third-order valence-corrected chi connectivity index (χ3v) is 9.65. The molecule has 48 heavy (non-hydrogen) atoms. The minimum absolute atomic E-state index is 0.0256. The van der Waals surface area contributed by atoms with E-state index in [1.54, 1.807) is 0 Å². The van der Waals surface area contributed by atoms with Crippen LogP contribution in [0.2, 0.25) is 0 Å². The maximum absolute atomic E-state index is 10.2. The van der Waals surface area contributed by atoms with Gasteiger partial charge in [-0.05, 0) is 110 Å². The van der Waals surface area contributed by atoms with Gasteiger partial charge in [0, 0.05) is 0 Å². The lowest BCUT2D eigenvalue weighted by molar-refractivity contribution is 1.66. The van der Waals surface area contributed by atoms with E-state index in [4.69, 9.17) is 2.74 Å². The van der Waals surface area contributed by atoms with Crippen LogP contribution in [0.1, 0.15) is 9.60 Å². The molecule has 0 aromatic heterocycles. The minimum Gasteiger partial charge on any atom is -0.0616 e. The van der Waals surface area contributed by atoms with E-state index in [2.05, 4.69) is 18.2 Å². The quantitative estimate of drug-likeness (QED) is 0.137. The van der Waals surface area contributed by atoms with E-state index in [-0.39, 0.29) is 53.1 Å². The zero-order chi connectivity index (χ0) is 37.7. The first kappa shape index (κ1) is 20.8. The first-order valence-corrected chi connectivity index (χ1v) is 16.1. The van der Waals surface area contributed by atoms with Crippen LogP contribution in [0.4, 0.5) is 0 Å². The molecule has 0 saturated heterocycles. The van der Waals surface area contributed by atoms with E-state index in [1.807, 2.05) is 121 Å². The molecule has 0 saturated carbocycles. The Morgan fingerprint density at radius 2 is 0.854 bits per heavy atom. The molecule has 0 aliphatic carbocycles. The van der Waals surface area contributed by atoms with Crippen LogP contribution >= 0.6 is 0 Å². The van der Waals surface area contributed by atoms with Gasteiger partial charge in [0.05, 0.1) is 9.60 Å². The summed E-state index contributed by atoms with van der Waals surface area (Å²) in [7, 11) is 0. The van der Waals surface area contributed by atoms with Crippen LogP contribution in [0.25, 0.3) is 98.0 Å². The van der Waals surface area contributed by atoms with Gasteiger partial charge >= 0.3 is 0 Å². The predicted molar refractivity (Wildman–Crippen MR) is 208 cm³/mol. The Morgan fingerprint density at radius 3 is 1.60 bits per heavy atom. The van der Waals surface area contributed by atoms with Crippen molar-refractivity contribution in [2.24, 2.45) is 0 Å². The van der Waals surface area contributed by atoms with E-state index in [0.29, 0.717) is 44.2 Å². The lowest BCUT2D eigenvalue weighted by Crippen LogP contribution is -1.93. The first-order valence-electron chi connectivity index (χ1n) is 19.6. The van der Waals surface area contributed by atoms with E-state index in [1.165, 1.54) is 0 Å². The van der Waals surface area contributed by atoms with Crippen molar-refractivity contribution < 1.29 is 9.60 Å². The molecule has 0 amide bonds. The molecule has 0 unspecified atom stereocenters. The van der Waals surface area contributed by atoms with Crippen LogP contribution in [-0.2, 0) is 0 Å². The van der Waals surface area contributed by atoms with Crippen molar-refractivity contribution in [1.29, 1.82) is 0 Å². The fourth-order valence-electron chi connectivity index (χ4n) is 7.47. The lowest BCUT2D eigenvalue weighted by Gasteiger charge is -2.20. The molecule has 0 bridgehead atoms. The second-order valence-electron chi connectivity index (χ2n) is 12.3. The molecule has 10 aromatic carbocycles. The third kappa shape index (κ3) is 4.10. The molecular formula is C48H30. The Hall–Kier alpha value is -6.24. The molecule has 0 radical (unpaired) electrons. The summed E-state index contributed by atoms with van der Waals surface area (Å²) < 4.78 is 66.6. The van der Waals surface area contributed by atoms with Crippen molar-refractivity contribution in [3.05, 3.63) is 182 Å². The van der Waals surface area contributed by atoms with Crippen molar-refractivity contribution in [2.45, 2.75) is 0 Å². The maximum atomic E-state index is 10.2. The van der Waals surface area contributed by atoms with Crippen molar-refractivity contribution in [1.82, 2.24) is 0 Å². The summed E-state index contributed by atoms with van der Waals surface area (Å²) in [5.74, 6) is 0. The summed E-state index contributed by atoms with van der Waals surface area (Å²) in [6.45, 7) is 0. The molecule has 0 aliphatic heterocycles. The van der Waals surface area contributed by atoms with E-state index >= 15 is 0 Å². The normalized spacial score (nSPS) is 13.8. The van der Waals surface area contributed by atoms with E-state index in [9.17, 15) is 6.85 Å². The van der Waals surface area contributed by atoms with Gasteiger partial charge in [-0.2, -0.15) is 0 Å². The van der Waals surface area contributed by atoms with Crippen molar-refractivity contribution in [3.8, 4) is 33.4 Å². The van der Waals surface area contributed by atoms with E-state index in [0.717, 1.165) is 43.1 Å². The highest BCUT2D eigenvalue weighted by molar-refractivity contribution is 6.24. The number of hydrogen-bond donors (Lipinski definition) is 0. The Morgan fingerprint density at radius 1 is 0.312 bits per heavy atom. The molecule has 0 nitrogen and oxygen atoms in total. The monoisotopic (exact) mass is 613 g/mol. The zero-order valence-corrected chi connectivity index (χ0v) is 25.8. The average Bonchev–Trinajstić information content (AvgIpc) is 3.22. The highest BCUT2D eigenvalue weighted by Crippen LogP contribution is 2.47. The Bertz CT molecular complexity index is 3280. The number of fused-ring (bicyclic) bond motifs is 7. The van der Waals surface area contributed by atoms with Crippen molar-refractivity contribution >= 4 is 64.6 Å². The molecule has 222 valence electrons. The summed E-state index contributed by atoms with van der Waals surface area (Å²) in [4.78, 5) is 0. The summed E-state index contributed by atoms with van der Waals surface area (Å²) >= 11 is 0. The van der Waals surface area contributed by atoms with Crippen molar-refractivity contribution in [2.75, 3.05) is 0 Å². The Kier molecular flexibility index (Phi) is 4.62. The Labute approximate surface area is 289 Å². The van der Waals surface area contributed by atoms with Gasteiger partial charge in [0.15, 0.2) is 0 Å². The SMILES string of the molecule is [2H]c1c([2H])c([2H])c2c(-c3cccc4ccccc34)c3c([2H])c(-c4cccc5ccccc45)c([2H])c([2H])c3c(-c3ccc4c(ccc5ccccc54)c3)c2c1[2H]. The zero-order valence-electron chi connectivity index (χ0n) is 32.8. The summed E-state index contributed by atoms with van der Waals surface area (Å²) in [5, 5.41) is 8.89. The van der Waals surface area contributed by atoms with Crippen LogP contribution in [-0.4, -0.2) is 0 Å². The van der Waals surface area contributed by atoms with Gasteiger partial charge in [0.2, 0.25) is 0 Å². The smallest absolute Gasteiger partial charge is 0.0616 e. The van der Waals surface area contributed by atoms with Gasteiger partial charge in [-0.25, -0.2) is 0 Å². The topological polar surface area (TPSA) is 0 Å². The summed E-state index contributed by atoms with van der Waals surface area (Å²) in [6, 6.07) is 44.1. The van der Waals surface area contributed by atoms with E-state index < -0.39 is 0 Å². The molecule has 0 atom stereocenters. The average molecular weight is 614 g/mol.